The summed E-state index contributed by atoms with van der Waals surface area (Å²) in [5, 5.41) is 22.0. The van der Waals surface area contributed by atoms with E-state index < -0.39 is 0 Å². The second-order valence-electron chi connectivity index (χ2n) is 8.76. The highest BCUT2D eigenvalue weighted by Crippen LogP contribution is 2.28. The second-order valence-corrected chi connectivity index (χ2v) is 8.76. The average molecular weight is 470 g/mol. The summed E-state index contributed by atoms with van der Waals surface area (Å²) in [5.74, 6) is 1.68. The van der Waals surface area contributed by atoms with Gasteiger partial charge in [-0.2, -0.15) is 10.4 Å². The molecule has 0 aromatic carbocycles. The van der Waals surface area contributed by atoms with Gasteiger partial charge in [0.1, 0.15) is 23.1 Å². The maximum Gasteiger partial charge on any atom is 0.284 e. The van der Waals surface area contributed by atoms with Crippen LogP contribution in [0.15, 0.2) is 35.5 Å². The van der Waals surface area contributed by atoms with Crippen LogP contribution < -0.4 is 10.5 Å². The molecule has 1 fully saturated rings. The monoisotopic (exact) mass is 469 g/mol. The molecule has 0 bridgehead atoms. The molecule has 1 saturated heterocycles. The summed E-state index contributed by atoms with van der Waals surface area (Å²) in [7, 11) is 0. The maximum absolute atomic E-state index is 13.2. The Balaban J connectivity index is 1.31. The zero-order valence-corrected chi connectivity index (χ0v) is 19.4. The number of H-pyrrole nitrogens is 1. The fourth-order valence-corrected chi connectivity index (χ4v) is 4.52. The van der Waals surface area contributed by atoms with Gasteiger partial charge in [0.05, 0.1) is 23.4 Å². The molecule has 35 heavy (non-hydrogen) atoms. The Morgan fingerprint density at radius 1 is 1.29 bits per heavy atom. The topological polar surface area (TPSA) is 139 Å². The number of aromatic amines is 1. The summed E-state index contributed by atoms with van der Waals surface area (Å²) in [6.07, 6.45) is 7.39. The largest absolute Gasteiger partial charge is 0.349 e. The molecule has 176 valence electrons. The first-order valence-corrected chi connectivity index (χ1v) is 11.6. The van der Waals surface area contributed by atoms with Crippen LogP contribution in [0, 0.1) is 18.3 Å². The lowest BCUT2D eigenvalue weighted by molar-refractivity contribution is 0.363. The Labute approximate surface area is 199 Å². The molecule has 0 spiro atoms. The minimum absolute atomic E-state index is 0.155. The van der Waals surface area contributed by atoms with Crippen molar-refractivity contribution >= 4 is 22.8 Å². The maximum atomic E-state index is 13.2. The van der Waals surface area contributed by atoms with Gasteiger partial charge >= 0.3 is 0 Å². The highest BCUT2D eigenvalue weighted by molar-refractivity contribution is 5.83. The number of anilines is 1. The highest BCUT2D eigenvalue weighted by atomic mass is 16.1. The summed E-state index contributed by atoms with van der Waals surface area (Å²) >= 11 is 0. The number of hydrogen-bond acceptors (Lipinski definition) is 8. The number of aryl methyl sites for hydroxylation is 2. The van der Waals surface area contributed by atoms with E-state index >= 15 is 0 Å². The summed E-state index contributed by atoms with van der Waals surface area (Å²) in [5.41, 5.74) is 3.27. The van der Waals surface area contributed by atoms with Crippen molar-refractivity contribution in [2.24, 2.45) is 0 Å². The van der Waals surface area contributed by atoms with Gasteiger partial charge in [-0.1, -0.05) is 13.3 Å². The van der Waals surface area contributed by atoms with Gasteiger partial charge < -0.3 is 14.5 Å². The van der Waals surface area contributed by atoms with E-state index in [1.54, 1.807) is 29.8 Å². The zero-order valence-electron chi connectivity index (χ0n) is 19.4. The molecule has 0 atom stereocenters. The van der Waals surface area contributed by atoms with Gasteiger partial charge in [0.15, 0.2) is 0 Å². The predicted octanol–water partition coefficient (Wildman–Crippen LogP) is 2.07. The first-order chi connectivity index (χ1) is 17.1. The Kier molecular flexibility index (Phi) is 4.84. The summed E-state index contributed by atoms with van der Waals surface area (Å²) in [4.78, 5) is 27.1. The normalized spacial score (nSPS) is 14.0. The summed E-state index contributed by atoms with van der Waals surface area (Å²) in [6.45, 7) is 6.08. The number of nitrogens with zero attached hydrogens (tertiary/aromatic N) is 10. The molecule has 0 saturated carbocycles. The van der Waals surface area contributed by atoms with Crippen LogP contribution in [-0.2, 0) is 6.54 Å². The van der Waals surface area contributed by atoms with Crippen molar-refractivity contribution in [3.05, 3.63) is 52.6 Å². The van der Waals surface area contributed by atoms with E-state index in [-0.39, 0.29) is 11.6 Å². The van der Waals surface area contributed by atoms with Gasteiger partial charge in [-0.25, -0.2) is 14.4 Å². The molecule has 6 rings (SSSR count). The highest BCUT2D eigenvalue weighted by Gasteiger charge is 2.31. The molecule has 6 heterocycles. The lowest BCUT2D eigenvalue weighted by Crippen LogP contribution is -2.48. The molecule has 5 aromatic heterocycles. The first kappa shape index (κ1) is 21.0. The van der Waals surface area contributed by atoms with Crippen molar-refractivity contribution in [3.8, 4) is 17.3 Å². The third-order valence-corrected chi connectivity index (χ3v) is 6.48. The second kappa shape index (κ2) is 8.05. The Morgan fingerprint density at radius 3 is 2.94 bits per heavy atom. The lowest BCUT2D eigenvalue weighted by Gasteiger charge is -2.39. The van der Waals surface area contributed by atoms with Gasteiger partial charge in [0.25, 0.3) is 5.56 Å². The average Bonchev–Trinajstić information content (AvgIpc) is 3.57. The van der Waals surface area contributed by atoms with Crippen molar-refractivity contribution in [2.75, 3.05) is 18.0 Å². The Bertz CT molecular complexity index is 1660. The minimum Gasteiger partial charge on any atom is -0.349 e. The standard InChI is InChI=1S/C23H23N11O/c1-3-4-7-32-19-8-18(28-20(19)21(35)34-14(2)29-30-23(32)34)15-10-26-33(11-15)17-12-31(13-17)22-25-6-5-16(9-24)27-22/h5-6,8,10-11,17,28H,3-4,7,12-13H2,1-2H3. The summed E-state index contributed by atoms with van der Waals surface area (Å²) in [6, 6.07) is 5.80. The number of aromatic nitrogens is 9. The van der Waals surface area contributed by atoms with Gasteiger partial charge in [-0.3, -0.25) is 9.48 Å². The molecular weight excluding hydrogens is 446 g/mol. The number of nitriles is 1. The molecule has 1 aliphatic rings. The molecule has 12 nitrogen and oxygen atoms in total. The van der Waals surface area contributed by atoms with Crippen LogP contribution >= 0.6 is 0 Å². The number of unbranched alkanes of at least 4 members (excludes halogenated alkanes) is 1. The number of fused-ring (bicyclic) bond motifs is 2. The van der Waals surface area contributed by atoms with Gasteiger partial charge in [0.2, 0.25) is 11.7 Å². The fraction of sp³-hybridized carbons (Fsp3) is 0.348. The van der Waals surface area contributed by atoms with E-state index in [1.807, 2.05) is 27.9 Å². The van der Waals surface area contributed by atoms with Gasteiger partial charge in [-0.05, 0) is 25.5 Å². The SMILES string of the molecule is CCCCn1c2cc(-c3cnn(C4CN(c5nccc(C#N)n5)C4)c3)[nH]c2c(=O)n2c(C)nnc12. The molecule has 12 heteroatoms. The van der Waals surface area contributed by atoms with Crippen LogP contribution in [0.25, 0.3) is 28.1 Å². The molecule has 0 amide bonds. The molecule has 0 aliphatic carbocycles. The number of nitrogens with one attached hydrogen (secondary N) is 1. The Hall–Kier alpha value is -4.53. The molecule has 0 unspecified atom stereocenters. The zero-order chi connectivity index (χ0) is 24.1. The molecule has 1 N–H and O–H groups in total. The smallest absolute Gasteiger partial charge is 0.284 e. The summed E-state index contributed by atoms with van der Waals surface area (Å²) < 4.78 is 5.55. The Morgan fingerprint density at radius 2 is 2.14 bits per heavy atom. The minimum atomic E-state index is -0.155. The fourth-order valence-electron chi connectivity index (χ4n) is 4.52. The van der Waals surface area contributed by atoms with Crippen LogP contribution in [0.5, 0.6) is 0 Å². The third kappa shape index (κ3) is 3.35. The van der Waals surface area contributed by atoms with E-state index in [0.717, 1.165) is 36.2 Å². The van der Waals surface area contributed by atoms with E-state index in [0.29, 0.717) is 41.9 Å². The molecular formula is C23H23N11O. The van der Waals surface area contributed by atoms with Crippen LogP contribution in [-0.4, -0.2) is 57.0 Å². The van der Waals surface area contributed by atoms with Gasteiger partial charge in [-0.15, -0.1) is 10.2 Å². The predicted molar refractivity (Wildman–Crippen MR) is 128 cm³/mol. The van der Waals surface area contributed by atoms with Crippen molar-refractivity contribution in [1.29, 1.82) is 5.26 Å². The van der Waals surface area contributed by atoms with E-state index in [9.17, 15) is 4.79 Å². The van der Waals surface area contributed by atoms with Gasteiger partial charge in [0, 0.05) is 37.6 Å². The first-order valence-electron chi connectivity index (χ1n) is 11.6. The van der Waals surface area contributed by atoms with E-state index in [2.05, 4.69) is 41.7 Å². The molecule has 5 aromatic rings. The van der Waals surface area contributed by atoms with Crippen molar-refractivity contribution in [2.45, 2.75) is 39.3 Å². The van der Waals surface area contributed by atoms with Crippen LogP contribution in [0.3, 0.4) is 0 Å². The number of rotatable bonds is 6. The number of hydrogen-bond donors (Lipinski definition) is 1. The van der Waals surface area contributed by atoms with Crippen LogP contribution in [0.4, 0.5) is 5.95 Å². The van der Waals surface area contributed by atoms with Crippen molar-refractivity contribution in [1.82, 2.24) is 43.9 Å². The van der Waals surface area contributed by atoms with E-state index in [1.165, 1.54) is 0 Å². The lowest BCUT2D eigenvalue weighted by atomic mass is 10.1. The van der Waals surface area contributed by atoms with Crippen LogP contribution in [0.1, 0.15) is 37.3 Å². The van der Waals surface area contributed by atoms with Crippen molar-refractivity contribution in [3.63, 3.8) is 0 Å². The van der Waals surface area contributed by atoms with Crippen LogP contribution in [0.2, 0.25) is 0 Å². The molecule has 0 radical (unpaired) electrons. The molecule has 1 aliphatic heterocycles. The quantitative estimate of drug-likeness (QED) is 0.399. The third-order valence-electron chi connectivity index (χ3n) is 6.48. The van der Waals surface area contributed by atoms with Crippen molar-refractivity contribution < 1.29 is 0 Å². The van der Waals surface area contributed by atoms with E-state index in [4.69, 9.17) is 5.26 Å².